The van der Waals surface area contributed by atoms with Gasteiger partial charge in [-0.3, -0.25) is 4.79 Å². The van der Waals surface area contributed by atoms with Gasteiger partial charge in [-0.1, -0.05) is 11.6 Å². The minimum atomic E-state index is -4.52. The number of amides is 1. The first kappa shape index (κ1) is 18.1. The molecule has 0 aliphatic heterocycles. The summed E-state index contributed by atoms with van der Waals surface area (Å²) in [5, 5.41) is 2.54. The number of nitrogens with one attached hydrogen (secondary N) is 1. The average molecular weight is 384 g/mol. The number of methoxy groups -OCH3 is 1. The predicted octanol–water partition coefficient (Wildman–Crippen LogP) is 4.20. The summed E-state index contributed by atoms with van der Waals surface area (Å²) in [6, 6.07) is 7.54. The van der Waals surface area contributed by atoms with E-state index in [1.54, 1.807) is 24.3 Å². The Labute approximate surface area is 151 Å². The number of pyridine rings is 1. The van der Waals surface area contributed by atoms with Crippen LogP contribution in [0, 0.1) is 0 Å². The fourth-order valence-electron chi connectivity index (χ4n) is 2.39. The number of ether oxygens (including phenoxy) is 1. The fourth-order valence-corrected chi connectivity index (χ4v) is 2.65. The highest BCUT2D eigenvalue weighted by Crippen LogP contribution is 2.32. The molecule has 1 aromatic carbocycles. The molecule has 9 heteroatoms. The number of carbonyl (C=O) groups excluding carboxylic acids is 1. The molecular weight excluding hydrogens is 371 g/mol. The van der Waals surface area contributed by atoms with E-state index in [9.17, 15) is 18.0 Å². The Bertz CT molecular complexity index is 952. The summed E-state index contributed by atoms with van der Waals surface area (Å²) >= 11 is 5.88. The maximum Gasteiger partial charge on any atom is 0.417 e. The van der Waals surface area contributed by atoms with Gasteiger partial charge in [0.1, 0.15) is 5.75 Å². The Morgan fingerprint density at radius 3 is 2.58 bits per heavy atom. The molecule has 0 bridgehead atoms. The largest absolute Gasteiger partial charge is 0.497 e. The summed E-state index contributed by atoms with van der Waals surface area (Å²) in [5.41, 5.74) is 0.141. The molecular formula is C17H13ClF3N3O2. The SMILES string of the molecule is COc1ccc(NC(=O)Cc2cn3cc(C(F)(F)F)cc(Cl)c3n2)cc1. The molecule has 1 N–H and O–H groups in total. The lowest BCUT2D eigenvalue weighted by Gasteiger charge is -2.07. The molecule has 0 atom stereocenters. The standard InChI is InChI=1S/C17H13ClF3N3O2/c1-26-13-4-2-11(3-5-13)22-15(25)7-12-9-24-8-10(17(19,20)21)6-14(18)16(24)23-12/h2-6,8-9H,7H2,1H3,(H,22,25). The number of anilines is 1. The van der Waals surface area contributed by atoms with Crippen molar-refractivity contribution in [1.82, 2.24) is 9.38 Å². The summed E-state index contributed by atoms with van der Waals surface area (Å²) in [5.74, 6) is 0.296. The molecule has 0 spiro atoms. The van der Waals surface area contributed by atoms with Crippen molar-refractivity contribution < 1.29 is 22.7 Å². The van der Waals surface area contributed by atoms with Crippen molar-refractivity contribution in [1.29, 1.82) is 0 Å². The zero-order valence-corrected chi connectivity index (χ0v) is 14.2. The third-order valence-corrected chi connectivity index (χ3v) is 3.88. The molecule has 0 aliphatic rings. The molecule has 0 saturated carbocycles. The number of hydrogen-bond donors (Lipinski definition) is 1. The highest BCUT2D eigenvalue weighted by molar-refractivity contribution is 6.33. The lowest BCUT2D eigenvalue weighted by Crippen LogP contribution is -2.14. The monoisotopic (exact) mass is 383 g/mol. The summed E-state index contributed by atoms with van der Waals surface area (Å²) < 4.78 is 44.7. The average Bonchev–Trinajstić information content (AvgIpc) is 2.97. The van der Waals surface area contributed by atoms with E-state index in [0.717, 1.165) is 12.3 Å². The van der Waals surface area contributed by atoms with Gasteiger partial charge < -0.3 is 14.5 Å². The first-order valence-electron chi connectivity index (χ1n) is 7.44. The molecule has 5 nitrogen and oxygen atoms in total. The third kappa shape index (κ3) is 3.91. The predicted molar refractivity (Wildman–Crippen MR) is 90.5 cm³/mol. The van der Waals surface area contributed by atoms with Gasteiger partial charge in [-0.25, -0.2) is 4.98 Å². The van der Waals surface area contributed by atoms with Gasteiger partial charge in [-0.2, -0.15) is 13.2 Å². The van der Waals surface area contributed by atoms with Crippen LogP contribution in [0.2, 0.25) is 5.02 Å². The molecule has 26 heavy (non-hydrogen) atoms. The second-order valence-corrected chi connectivity index (χ2v) is 5.90. The molecule has 2 heterocycles. The van der Waals surface area contributed by atoms with Crippen molar-refractivity contribution in [2.45, 2.75) is 12.6 Å². The Morgan fingerprint density at radius 2 is 1.96 bits per heavy atom. The van der Waals surface area contributed by atoms with Crippen LogP contribution in [0.15, 0.2) is 42.7 Å². The van der Waals surface area contributed by atoms with Crippen LogP contribution in [0.4, 0.5) is 18.9 Å². The van der Waals surface area contributed by atoms with Crippen LogP contribution >= 0.6 is 11.6 Å². The number of hydrogen-bond acceptors (Lipinski definition) is 3. The number of aromatic nitrogens is 2. The van der Waals surface area contributed by atoms with Crippen molar-refractivity contribution >= 4 is 28.8 Å². The summed E-state index contributed by atoms with van der Waals surface area (Å²) in [4.78, 5) is 16.2. The molecule has 1 amide bonds. The van der Waals surface area contributed by atoms with Gasteiger partial charge in [-0.15, -0.1) is 0 Å². The van der Waals surface area contributed by atoms with E-state index in [2.05, 4.69) is 10.3 Å². The maximum atomic E-state index is 12.8. The van der Waals surface area contributed by atoms with Crippen molar-refractivity contribution in [3.63, 3.8) is 0 Å². The first-order valence-corrected chi connectivity index (χ1v) is 7.82. The molecule has 3 aromatic rings. The molecule has 0 aliphatic carbocycles. The summed E-state index contributed by atoms with van der Waals surface area (Å²) in [7, 11) is 1.53. The van der Waals surface area contributed by atoms with Crippen LogP contribution in [0.3, 0.4) is 0 Å². The van der Waals surface area contributed by atoms with Crippen LogP contribution < -0.4 is 10.1 Å². The zero-order valence-electron chi connectivity index (χ0n) is 13.5. The molecule has 0 fully saturated rings. The molecule has 0 saturated heterocycles. The normalized spacial score (nSPS) is 11.6. The smallest absolute Gasteiger partial charge is 0.417 e. The second kappa shape index (κ2) is 6.87. The lowest BCUT2D eigenvalue weighted by molar-refractivity contribution is -0.137. The third-order valence-electron chi connectivity index (χ3n) is 3.60. The fraction of sp³-hybridized carbons (Fsp3) is 0.176. The second-order valence-electron chi connectivity index (χ2n) is 5.49. The summed E-state index contributed by atoms with van der Waals surface area (Å²) in [6.07, 6.45) is -2.39. The number of halogens is 4. The van der Waals surface area contributed by atoms with Gasteiger partial charge in [0, 0.05) is 18.1 Å². The quantitative estimate of drug-likeness (QED) is 0.734. The van der Waals surface area contributed by atoms with Crippen molar-refractivity contribution in [2.24, 2.45) is 0 Å². The number of imidazole rings is 1. The number of benzene rings is 1. The highest BCUT2D eigenvalue weighted by atomic mass is 35.5. The van der Waals surface area contributed by atoms with Crippen LogP contribution in [-0.4, -0.2) is 22.4 Å². The Morgan fingerprint density at radius 1 is 1.27 bits per heavy atom. The number of fused-ring (bicyclic) bond motifs is 1. The molecule has 3 rings (SSSR count). The maximum absolute atomic E-state index is 12.8. The first-order chi connectivity index (χ1) is 12.3. The van der Waals surface area contributed by atoms with Gasteiger partial charge in [0.15, 0.2) is 5.65 Å². The Balaban J connectivity index is 1.77. The van der Waals surface area contributed by atoms with Gasteiger partial charge >= 0.3 is 6.18 Å². The van der Waals surface area contributed by atoms with Crippen LogP contribution in [0.5, 0.6) is 5.75 Å². The van der Waals surface area contributed by atoms with E-state index in [1.807, 2.05) is 0 Å². The van der Waals surface area contributed by atoms with E-state index in [4.69, 9.17) is 16.3 Å². The lowest BCUT2D eigenvalue weighted by atomic mass is 10.2. The molecule has 2 aromatic heterocycles. The number of carbonyl (C=O) groups is 1. The number of alkyl halides is 3. The minimum Gasteiger partial charge on any atom is -0.497 e. The molecule has 0 unspecified atom stereocenters. The molecule has 136 valence electrons. The Hall–Kier alpha value is -2.74. The van der Waals surface area contributed by atoms with Gasteiger partial charge in [0.05, 0.1) is 29.8 Å². The minimum absolute atomic E-state index is 0.106. The van der Waals surface area contributed by atoms with Gasteiger partial charge in [0.25, 0.3) is 0 Å². The molecule has 0 radical (unpaired) electrons. The van der Waals surface area contributed by atoms with Crippen LogP contribution in [0.25, 0.3) is 5.65 Å². The summed E-state index contributed by atoms with van der Waals surface area (Å²) in [6.45, 7) is 0. The van der Waals surface area contributed by atoms with E-state index in [-0.39, 0.29) is 23.0 Å². The van der Waals surface area contributed by atoms with E-state index in [0.29, 0.717) is 17.1 Å². The van der Waals surface area contributed by atoms with E-state index < -0.39 is 11.7 Å². The van der Waals surface area contributed by atoms with Crippen LogP contribution in [-0.2, 0) is 17.4 Å². The topological polar surface area (TPSA) is 55.6 Å². The van der Waals surface area contributed by atoms with Crippen LogP contribution in [0.1, 0.15) is 11.3 Å². The van der Waals surface area contributed by atoms with E-state index >= 15 is 0 Å². The van der Waals surface area contributed by atoms with Crippen molar-refractivity contribution in [3.8, 4) is 5.75 Å². The number of rotatable bonds is 4. The Kier molecular flexibility index (Phi) is 4.78. The zero-order chi connectivity index (χ0) is 18.9. The van der Waals surface area contributed by atoms with Gasteiger partial charge in [-0.05, 0) is 30.3 Å². The number of nitrogens with zero attached hydrogens (tertiary/aromatic N) is 2. The van der Waals surface area contributed by atoms with E-state index in [1.165, 1.54) is 17.7 Å². The van der Waals surface area contributed by atoms with Crippen molar-refractivity contribution in [3.05, 3.63) is 59.0 Å². The van der Waals surface area contributed by atoms with Gasteiger partial charge in [0.2, 0.25) is 5.91 Å². The van der Waals surface area contributed by atoms with Crippen molar-refractivity contribution in [2.75, 3.05) is 12.4 Å². The highest BCUT2D eigenvalue weighted by Gasteiger charge is 2.31.